The number of nitrogens with zero attached hydrogens (tertiary/aromatic N) is 2. The smallest absolute Gasteiger partial charge is 0.271 e. The predicted molar refractivity (Wildman–Crippen MR) is 137 cm³/mol. The monoisotopic (exact) mass is 498 g/mol. The van der Waals surface area contributed by atoms with Crippen LogP contribution in [0.25, 0.3) is 6.08 Å². The molecule has 0 fully saturated rings. The zero-order chi connectivity index (χ0) is 25.7. The van der Waals surface area contributed by atoms with Gasteiger partial charge in [-0.15, -0.1) is 0 Å². The average molecular weight is 499 g/mol. The van der Waals surface area contributed by atoms with E-state index in [0.717, 1.165) is 16.0 Å². The summed E-state index contributed by atoms with van der Waals surface area (Å²) in [4.78, 5) is 27.3. The Morgan fingerprint density at radius 1 is 0.972 bits per heavy atom. The molecule has 3 aromatic carbocycles. The third-order valence-corrected chi connectivity index (χ3v) is 6.22. The molecule has 0 atom stereocenters. The molecule has 6 nitrogen and oxygen atoms in total. The van der Waals surface area contributed by atoms with Crippen molar-refractivity contribution in [2.24, 2.45) is 0 Å². The number of hydrogen-bond donors (Lipinski definition) is 0. The Morgan fingerprint density at radius 3 is 2.39 bits per heavy atom. The van der Waals surface area contributed by atoms with Gasteiger partial charge in [0.05, 0.1) is 13.7 Å². The molecule has 0 unspecified atom stereocenters. The number of carbonyl (C=O) groups is 2. The van der Waals surface area contributed by atoms with Crippen LogP contribution in [-0.2, 0) is 22.7 Å². The summed E-state index contributed by atoms with van der Waals surface area (Å²) in [7, 11) is 1.53. The molecule has 1 aliphatic rings. The lowest BCUT2D eigenvalue weighted by atomic mass is 9.93. The second-order valence-corrected chi connectivity index (χ2v) is 8.55. The predicted octanol–water partition coefficient (Wildman–Crippen LogP) is 5.72. The quantitative estimate of drug-likeness (QED) is 0.307. The zero-order valence-corrected chi connectivity index (χ0v) is 20.6. The molecular formula is C29H23ClN2O4. The minimum absolute atomic E-state index is 0.0524. The second-order valence-electron chi connectivity index (χ2n) is 8.14. The van der Waals surface area contributed by atoms with Crippen molar-refractivity contribution in [2.45, 2.75) is 20.1 Å². The molecule has 0 saturated carbocycles. The Bertz CT molecular complexity index is 1420. The zero-order valence-electron chi connectivity index (χ0n) is 19.8. The van der Waals surface area contributed by atoms with E-state index in [1.54, 1.807) is 37.3 Å². The van der Waals surface area contributed by atoms with Crippen molar-refractivity contribution < 1.29 is 19.1 Å². The lowest BCUT2D eigenvalue weighted by Crippen LogP contribution is -2.42. The molecule has 2 amide bonds. The number of halogens is 1. The molecule has 180 valence electrons. The fourth-order valence-corrected chi connectivity index (χ4v) is 4.06. The molecule has 1 aliphatic heterocycles. The van der Waals surface area contributed by atoms with E-state index in [2.05, 4.69) is 0 Å². The lowest BCUT2D eigenvalue weighted by molar-refractivity contribution is -0.141. The molecular weight excluding hydrogens is 476 g/mol. The van der Waals surface area contributed by atoms with E-state index in [0.29, 0.717) is 27.7 Å². The van der Waals surface area contributed by atoms with Gasteiger partial charge in [0.2, 0.25) is 0 Å². The SMILES string of the molecule is COc1cc(/C=C2/C(=O)N(Cc3ccccc3)C(=O)C(C#N)=C2C)ccc1OCc1ccccc1Cl. The number of carbonyl (C=O) groups excluding carboxylic acids is 2. The van der Waals surface area contributed by atoms with Gasteiger partial charge < -0.3 is 9.47 Å². The normalized spacial score (nSPS) is 14.7. The van der Waals surface area contributed by atoms with Crippen LogP contribution in [0.5, 0.6) is 11.5 Å². The standard InChI is InChI=1S/C29H23ClN2O4/c1-19-23(28(33)32(29(34)24(19)16-31)17-20-8-4-3-5-9-20)14-21-12-13-26(27(15-21)35-2)36-18-22-10-6-7-11-25(22)30/h3-15H,17-18H2,1-2H3/b23-14+. The van der Waals surface area contributed by atoms with Gasteiger partial charge in [-0.2, -0.15) is 5.26 Å². The summed E-state index contributed by atoms with van der Waals surface area (Å²) < 4.78 is 11.4. The van der Waals surface area contributed by atoms with Gasteiger partial charge in [-0.3, -0.25) is 14.5 Å². The molecule has 0 N–H and O–H groups in total. The number of rotatable bonds is 7. The number of methoxy groups -OCH3 is 1. The highest BCUT2D eigenvalue weighted by atomic mass is 35.5. The van der Waals surface area contributed by atoms with Crippen LogP contribution in [0.3, 0.4) is 0 Å². The van der Waals surface area contributed by atoms with Crippen molar-refractivity contribution in [1.82, 2.24) is 4.90 Å². The van der Waals surface area contributed by atoms with Crippen molar-refractivity contribution in [3.63, 3.8) is 0 Å². The van der Waals surface area contributed by atoms with Gasteiger partial charge >= 0.3 is 0 Å². The highest BCUT2D eigenvalue weighted by Crippen LogP contribution is 2.33. The summed E-state index contributed by atoms with van der Waals surface area (Å²) in [5.41, 5.74) is 2.85. The van der Waals surface area contributed by atoms with Crippen LogP contribution >= 0.6 is 11.6 Å². The highest BCUT2D eigenvalue weighted by Gasteiger charge is 2.35. The topological polar surface area (TPSA) is 79.6 Å². The maximum absolute atomic E-state index is 13.4. The minimum atomic E-state index is -0.595. The van der Waals surface area contributed by atoms with E-state index in [4.69, 9.17) is 21.1 Å². The molecule has 4 rings (SSSR count). The Hall–Kier alpha value is -4.34. The van der Waals surface area contributed by atoms with Gasteiger partial charge in [0, 0.05) is 16.2 Å². The third kappa shape index (κ3) is 5.17. The Labute approximate surface area is 214 Å². The second kappa shape index (κ2) is 10.9. The number of ether oxygens (including phenoxy) is 2. The summed E-state index contributed by atoms with van der Waals surface area (Å²) in [5.74, 6) is -0.0697. The summed E-state index contributed by atoms with van der Waals surface area (Å²) in [6.45, 7) is 1.95. The minimum Gasteiger partial charge on any atom is -0.493 e. The first kappa shape index (κ1) is 24.8. The Morgan fingerprint density at radius 2 is 1.69 bits per heavy atom. The Balaban J connectivity index is 1.64. The van der Waals surface area contributed by atoms with Crippen molar-refractivity contribution in [3.05, 3.63) is 111 Å². The maximum atomic E-state index is 13.4. The van der Waals surface area contributed by atoms with Gasteiger partial charge in [0.15, 0.2) is 11.5 Å². The largest absolute Gasteiger partial charge is 0.493 e. The van der Waals surface area contributed by atoms with Gasteiger partial charge in [0.1, 0.15) is 18.2 Å². The van der Waals surface area contributed by atoms with E-state index in [1.807, 2.05) is 54.6 Å². The fourth-order valence-electron chi connectivity index (χ4n) is 3.87. The molecule has 0 radical (unpaired) electrons. The summed E-state index contributed by atoms with van der Waals surface area (Å²) in [6.07, 6.45) is 1.65. The number of benzene rings is 3. The molecule has 0 aromatic heterocycles. The first-order valence-electron chi connectivity index (χ1n) is 11.2. The van der Waals surface area contributed by atoms with Crippen molar-refractivity contribution >= 4 is 29.5 Å². The maximum Gasteiger partial charge on any atom is 0.271 e. The Kier molecular flexibility index (Phi) is 7.53. The molecule has 3 aromatic rings. The van der Waals surface area contributed by atoms with E-state index in [1.165, 1.54) is 7.11 Å². The molecule has 36 heavy (non-hydrogen) atoms. The van der Waals surface area contributed by atoms with Crippen molar-refractivity contribution in [2.75, 3.05) is 7.11 Å². The van der Waals surface area contributed by atoms with Gasteiger partial charge in [-0.25, -0.2) is 0 Å². The van der Waals surface area contributed by atoms with Gasteiger partial charge in [0.25, 0.3) is 11.8 Å². The number of imide groups is 1. The first-order chi connectivity index (χ1) is 17.4. The molecule has 0 spiro atoms. The average Bonchev–Trinajstić information content (AvgIpc) is 2.90. The van der Waals surface area contributed by atoms with Crippen molar-refractivity contribution in [3.8, 4) is 17.6 Å². The summed E-state index contributed by atoms with van der Waals surface area (Å²) in [5, 5.41) is 10.2. The highest BCUT2D eigenvalue weighted by molar-refractivity contribution is 6.31. The summed E-state index contributed by atoms with van der Waals surface area (Å²) in [6, 6.07) is 23.8. The number of amides is 2. The molecule has 0 saturated heterocycles. The third-order valence-electron chi connectivity index (χ3n) is 5.85. The van der Waals surface area contributed by atoms with Crippen LogP contribution in [0.15, 0.2) is 89.5 Å². The van der Waals surface area contributed by atoms with Crippen LogP contribution in [0, 0.1) is 11.3 Å². The fraction of sp³-hybridized carbons (Fsp3) is 0.138. The molecule has 1 heterocycles. The molecule has 7 heteroatoms. The van der Waals surface area contributed by atoms with E-state index in [-0.39, 0.29) is 24.3 Å². The number of hydrogen-bond acceptors (Lipinski definition) is 5. The van der Waals surface area contributed by atoms with Crippen LogP contribution in [0.2, 0.25) is 5.02 Å². The van der Waals surface area contributed by atoms with Crippen molar-refractivity contribution in [1.29, 1.82) is 5.26 Å². The first-order valence-corrected chi connectivity index (χ1v) is 11.6. The van der Waals surface area contributed by atoms with E-state index >= 15 is 0 Å². The van der Waals surface area contributed by atoms with Crippen LogP contribution in [0.4, 0.5) is 0 Å². The summed E-state index contributed by atoms with van der Waals surface area (Å²) >= 11 is 6.22. The van der Waals surface area contributed by atoms with E-state index in [9.17, 15) is 14.9 Å². The van der Waals surface area contributed by atoms with Gasteiger partial charge in [-0.05, 0) is 47.9 Å². The lowest BCUT2D eigenvalue weighted by Gasteiger charge is -2.27. The van der Waals surface area contributed by atoms with Crippen LogP contribution in [-0.4, -0.2) is 23.8 Å². The van der Waals surface area contributed by atoms with Gasteiger partial charge in [-0.1, -0.05) is 66.2 Å². The molecule has 0 aliphatic carbocycles. The number of nitriles is 1. The van der Waals surface area contributed by atoms with E-state index < -0.39 is 11.8 Å². The van der Waals surface area contributed by atoms with Crippen LogP contribution < -0.4 is 9.47 Å². The molecule has 0 bridgehead atoms. The van der Waals surface area contributed by atoms with Crippen LogP contribution in [0.1, 0.15) is 23.6 Å².